The van der Waals surface area contributed by atoms with Gasteiger partial charge in [-0.1, -0.05) is 6.07 Å². The van der Waals surface area contributed by atoms with Crippen molar-refractivity contribution in [3.8, 4) is 0 Å². The molecule has 1 aromatic heterocycles. The molecular weight excluding hydrogens is 345 g/mol. The lowest BCUT2D eigenvalue weighted by atomic mass is 9.67. The standard InChI is InChI=1S/C20H24FN5O/c1-19(2)17(27)26(4)18(22)25-20(19,3)15-11-13(8-9-16(15)21)24-12-14-7-5-6-10-23-14/h5-11,24H,12H2,1-4H3,(H2,22,25). The second-order valence-corrected chi connectivity index (χ2v) is 7.40. The van der Waals surface area contributed by atoms with Crippen molar-refractivity contribution >= 4 is 17.6 Å². The number of carbonyl (C=O) groups excluding carboxylic acids is 1. The molecule has 1 unspecified atom stereocenters. The summed E-state index contributed by atoms with van der Waals surface area (Å²) in [6, 6.07) is 10.4. The normalized spacial score (nSPS) is 21.7. The molecule has 27 heavy (non-hydrogen) atoms. The Balaban J connectivity index is 1.99. The number of carbonyl (C=O) groups is 1. The van der Waals surface area contributed by atoms with Crippen LogP contribution >= 0.6 is 0 Å². The number of hydrogen-bond acceptors (Lipinski definition) is 5. The van der Waals surface area contributed by atoms with E-state index in [9.17, 15) is 9.18 Å². The van der Waals surface area contributed by atoms with E-state index in [1.165, 1.54) is 11.0 Å². The number of halogens is 1. The number of aromatic nitrogens is 1. The Labute approximate surface area is 158 Å². The van der Waals surface area contributed by atoms with Crippen LogP contribution in [-0.2, 0) is 16.9 Å². The molecule has 2 heterocycles. The van der Waals surface area contributed by atoms with E-state index in [1.54, 1.807) is 46.1 Å². The first-order chi connectivity index (χ1) is 12.7. The van der Waals surface area contributed by atoms with Gasteiger partial charge in [0.2, 0.25) is 5.91 Å². The van der Waals surface area contributed by atoms with E-state index in [1.807, 2.05) is 18.2 Å². The highest BCUT2D eigenvalue weighted by Crippen LogP contribution is 2.47. The molecule has 2 aromatic rings. The Morgan fingerprint density at radius 3 is 2.63 bits per heavy atom. The molecule has 1 atom stereocenters. The van der Waals surface area contributed by atoms with Crippen LogP contribution in [0, 0.1) is 11.2 Å². The summed E-state index contributed by atoms with van der Waals surface area (Å²) in [4.78, 5) is 22.9. The van der Waals surface area contributed by atoms with Crippen LogP contribution in [0.25, 0.3) is 0 Å². The maximum Gasteiger partial charge on any atom is 0.237 e. The average Bonchev–Trinajstić information content (AvgIpc) is 2.65. The van der Waals surface area contributed by atoms with E-state index in [2.05, 4.69) is 15.3 Å². The first kappa shape index (κ1) is 18.8. The van der Waals surface area contributed by atoms with Crippen molar-refractivity contribution < 1.29 is 9.18 Å². The fourth-order valence-corrected chi connectivity index (χ4v) is 3.28. The second kappa shape index (κ2) is 6.64. The van der Waals surface area contributed by atoms with Gasteiger partial charge in [-0.25, -0.2) is 9.38 Å². The van der Waals surface area contributed by atoms with Gasteiger partial charge in [0.05, 0.1) is 17.7 Å². The predicted octanol–water partition coefficient (Wildman–Crippen LogP) is 2.86. The number of nitrogens with one attached hydrogen (secondary N) is 1. The lowest BCUT2D eigenvalue weighted by molar-refractivity contribution is -0.140. The van der Waals surface area contributed by atoms with Gasteiger partial charge < -0.3 is 11.1 Å². The Hall–Kier alpha value is -2.96. The van der Waals surface area contributed by atoms with Crippen LogP contribution in [-0.4, -0.2) is 28.8 Å². The fraction of sp³-hybridized carbons (Fsp3) is 0.350. The maximum absolute atomic E-state index is 14.8. The van der Waals surface area contributed by atoms with Crippen molar-refractivity contribution in [1.82, 2.24) is 9.88 Å². The van der Waals surface area contributed by atoms with Crippen LogP contribution in [0.3, 0.4) is 0 Å². The molecule has 1 aromatic carbocycles. The molecule has 0 radical (unpaired) electrons. The summed E-state index contributed by atoms with van der Waals surface area (Å²) in [5.74, 6) is -0.556. The van der Waals surface area contributed by atoms with Gasteiger partial charge in [0.25, 0.3) is 0 Å². The molecule has 0 saturated heterocycles. The minimum absolute atomic E-state index is 0.0769. The number of nitrogens with two attached hydrogens (primary N) is 1. The van der Waals surface area contributed by atoms with Gasteiger partial charge >= 0.3 is 0 Å². The number of guanidine groups is 1. The SMILES string of the molecule is CN1C(=O)C(C)(C)C(C)(c2cc(NCc3ccccn3)ccc2F)N=C1N. The Kier molecular flexibility index (Phi) is 4.63. The summed E-state index contributed by atoms with van der Waals surface area (Å²) >= 11 is 0. The van der Waals surface area contributed by atoms with Crippen LogP contribution in [0.15, 0.2) is 47.6 Å². The second-order valence-electron chi connectivity index (χ2n) is 7.40. The lowest BCUT2D eigenvalue weighted by Crippen LogP contribution is -2.58. The van der Waals surface area contributed by atoms with E-state index < -0.39 is 16.8 Å². The zero-order chi connectivity index (χ0) is 19.8. The number of rotatable bonds is 4. The fourth-order valence-electron chi connectivity index (χ4n) is 3.28. The van der Waals surface area contributed by atoms with Gasteiger partial charge in [0.1, 0.15) is 11.4 Å². The number of benzene rings is 1. The van der Waals surface area contributed by atoms with Crippen molar-refractivity contribution in [2.45, 2.75) is 32.9 Å². The number of nitrogens with zero attached hydrogens (tertiary/aromatic N) is 3. The van der Waals surface area contributed by atoms with Crippen LogP contribution < -0.4 is 11.1 Å². The van der Waals surface area contributed by atoms with Crippen molar-refractivity contribution in [3.63, 3.8) is 0 Å². The number of hydrogen-bond donors (Lipinski definition) is 2. The molecule has 0 bridgehead atoms. The highest BCUT2D eigenvalue weighted by atomic mass is 19.1. The Morgan fingerprint density at radius 2 is 1.96 bits per heavy atom. The molecular formula is C20H24FN5O. The van der Waals surface area contributed by atoms with Crippen LogP contribution in [0.4, 0.5) is 10.1 Å². The molecule has 0 spiro atoms. The molecule has 0 saturated carbocycles. The topological polar surface area (TPSA) is 83.6 Å². The third-order valence-electron chi connectivity index (χ3n) is 5.43. The number of amides is 1. The van der Waals surface area contributed by atoms with Gasteiger partial charge in [-0.15, -0.1) is 0 Å². The van der Waals surface area contributed by atoms with Gasteiger partial charge in [-0.3, -0.25) is 14.7 Å². The first-order valence-electron chi connectivity index (χ1n) is 8.74. The number of aliphatic imine (C=N–C) groups is 1. The van der Waals surface area contributed by atoms with E-state index in [0.29, 0.717) is 17.8 Å². The molecule has 0 fully saturated rings. The zero-order valence-corrected chi connectivity index (χ0v) is 16.0. The smallest absolute Gasteiger partial charge is 0.237 e. The number of anilines is 1. The van der Waals surface area contributed by atoms with Crippen LogP contribution in [0.2, 0.25) is 0 Å². The molecule has 1 amide bonds. The first-order valence-corrected chi connectivity index (χ1v) is 8.74. The molecule has 6 nitrogen and oxygen atoms in total. The molecule has 1 aliphatic rings. The summed E-state index contributed by atoms with van der Waals surface area (Å²) in [5, 5.41) is 3.24. The largest absolute Gasteiger partial charge is 0.379 e. The van der Waals surface area contributed by atoms with E-state index in [0.717, 1.165) is 5.69 Å². The highest BCUT2D eigenvalue weighted by Gasteiger charge is 2.53. The summed E-state index contributed by atoms with van der Waals surface area (Å²) in [7, 11) is 1.57. The summed E-state index contributed by atoms with van der Waals surface area (Å²) in [6.07, 6.45) is 1.72. The Morgan fingerprint density at radius 1 is 1.22 bits per heavy atom. The molecule has 3 rings (SSSR count). The molecule has 3 N–H and O–H groups in total. The van der Waals surface area contributed by atoms with Crippen molar-refractivity contribution in [2.75, 3.05) is 12.4 Å². The maximum atomic E-state index is 14.8. The van der Waals surface area contributed by atoms with Crippen molar-refractivity contribution in [3.05, 3.63) is 59.7 Å². The van der Waals surface area contributed by atoms with Crippen LogP contribution in [0.1, 0.15) is 32.0 Å². The minimum Gasteiger partial charge on any atom is -0.379 e. The molecule has 7 heteroatoms. The summed E-state index contributed by atoms with van der Waals surface area (Å²) in [5.41, 5.74) is 5.74. The van der Waals surface area contributed by atoms with E-state index in [4.69, 9.17) is 5.73 Å². The minimum atomic E-state index is -1.13. The van der Waals surface area contributed by atoms with Crippen LogP contribution in [0.5, 0.6) is 0 Å². The quantitative estimate of drug-likeness (QED) is 0.868. The lowest BCUT2D eigenvalue weighted by Gasteiger charge is -2.46. The van der Waals surface area contributed by atoms with E-state index in [-0.39, 0.29) is 11.9 Å². The van der Waals surface area contributed by atoms with Gasteiger partial charge in [0.15, 0.2) is 5.96 Å². The molecule has 1 aliphatic heterocycles. The zero-order valence-electron chi connectivity index (χ0n) is 16.0. The van der Waals surface area contributed by atoms with Crippen molar-refractivity contribution in [1.29, 1.82) is 0 Å². The van der Waals surface area contributed by atoms with Gasteiger partial charge in [-0.05, 0) is 51.1 Å². The molecule has 0 aliphatic carbocycles. The molecule has 142 valence electrons. The highest BCUT2D eigenvalue weighted by molar-refractivity contribution is 6.01. The third-order valence-corrected chi connectivity index (χ3v) is 5.43. The monoisotopic (exact) mass is 369 g/mol. The van der Waals surface area contributed by atoms with Gasteiger partial charge in [-0.2, -0.15) is 0 Å². The van der Waals surface area contributed by atoms with Crippen molar-refractivity contribution in [2.24, 2.45) is 16.1 Å². The average molecular weight is 369 g/mol. The third kappa shape index (κ3) is 3.13. The number of pyridine rings is 1. The predicted molar refractivity (Wildman–Crippen MR) is 103 cm³/mol. The summed E-state index contributed by atoms with van der Waals surface area (Å²) < 4.78 is 14.8. The van der Waals surface area contributed by atoms with E-state index >= 15 is 0 Å². The summed E-state index contributed by atoms with van der Waals surface area (Å²) in [6.45, 7) is 5.76. The Bertz CT molecular complexity index is 897. The van der Waals surface area contributed by atoms with Gasteiger partial charge in [0, 0.05) is 24.5 Å².